The predicted molar refractivity (Wildman–Crippen MR) is 143 cm³/mol. The molecule has 34 heavy (non-hydrogen) atoms. The van der Waals surface area contributed by atoms with E-state index < -0.39 is 0 Å². The zero-order chi connectivity index (χ0) is 24.1. The van der Waals surface area contributed by atoms with Gasteiger partial charge in [0, 0.05) is 42.9 Å². The van der Waals surface area contributed by atoms with Crippen molar-refractivity contribution in [2.75, 3.05) is 6.54 Å². The van der Waals surface area contributed by atoms with Crippen molar-refractivity contribution in [3.63, 3.8) is 0 Å². The summed E-state index contributed by atoms with van der Waals surface area (Å²) in [7, 11) is 0. The van der Waals surface area contributed by atoms with Gasteiger partial charge in [-0.2, -0.15) is 0 Å². The molecular weight excluding hydrogens is 416 g/mol. The van der Waals surface area contributed by atoms with Gasteiger partial charge in [-0.3, -0.25) is 4.90 Å². The summed E-state index contributed by atoms with van der Waals surface area (Å²) in [6, 6.07) is 14.5. The molecule has 0 saturated carbocycles. The SMILES string of the molecule is C=CC(CCC=O)N1Cc2cc(CCC3CCCCN3Cc3cccc(C)c3C)ccc2C1=C. The van der Waals surface area contributed by atoms with Crippen LogP contribution in [0.1, 0.15) is 71.9 Å². The number of nitrogens with zero attached hydrogens (tertiary/aromatic N) is 2. The van der Waals surface area contributed by atoms with E-state index in [2.05, 4.69) is 73.2 Å². The first-order valence-electron chi connectivity index (χ1n) is 12.9. The molecule has 3 heteroatoms. The van der Waals surface area contributed by atoms with E-state index in [9.17, 15) is 4.79 Å². The van der Waals surface area contributed by atoms with Gasteiger partial charge in [0.1, 0.15) is 6.29 Å². The number of likely N-dealkylation sites (tertiary alicyclic amines) is 1. The fourth-order valence-corrected chi connectivity index (χ4v) is 5.74. The summed E-state index contributed by atoms with van der Waals surface area (Å²) in [6.45, 7) is 16.0. The van der Waals surface area contributed by atoms with Gasteiger partial charge in [-0.25, -0.2) is 0 Å². The lowest BCUT2D eigenvalue weighted by Gasteiger charge is -2.36. The second-order valence-corrected chi connectivity index (χ2v) is 10.1. The lowest BCUT2D eigenvalue weighted by molar-refractivity contribution is -0.108. The van der Waals surface area contributed by atoms with Crippen LogP contribution in [0.15, 0.2) is 55.6 Å². The Balaban J connectivity index is 1.40. The second-order valence-electron chi connectivity index (χ2n) is 10.1. The molecular formula is C31H40N2O. The van der Waals surface area contributed by atoms with Gasteiger partial charge in [0.15, 0.2) is 0 Å². The smallest absolute Gasteiger partial charge is 0.120 e. The number of aryl methyl sites for hydroxylation is 2. The molecule has 0 spiro atoms. The molecule has 1 saturated heterocycles. The molecule has 0 radical (unpaired) electrons. The molecule has 2 unspecified atom stereocenters. The molecule has 0 N–H and O–H groups in total. The summed E-state index contributed by atoms with van der Waals surface area (Å²) in [6.07, 6.45) is 10.6. The van der Waals surface area contributed by atoms with Crippen molar-refractivity contribution in [1.82, 2.24) is 9.80 Å². The molecule has 2 aromatic carbocycles. The Bertz CT molecular complexity index is 1040. The second kappa shape index (κ2) is 11.2. The third kappa shape index (κ3) is 5.36. The van der Waals surface area contributed by atoms with Crippen LogP contribution < -0.4 is 0 Å². The quantitative estimate of drug-likeness (QED) is 0.297. The van der Waals surface area contributed by atoms with E-state index in [-0.39, 0.29) is 6.04 Å². The molecule has 2 heterocycles. The zero-order valence-electron chi connectivity index (χ0n) is 21.1. The maximum Gasteiger partial charge on any atom is 0.120 e. The first-order valence-corrected chi connectivity index (χ1v) is 12.9. The van der Waals surface area contributed by atoms with Crippen molar-refractivity contribution in [3.8, 4) is 0 Å². The van der Waals surface area contributed by atoms with Crippen molar-refractivity contribution < 1.29 is 4.79 Å². The van der Waals surface area contributed by atoms with Crippen molar-refractivity contribution in [2.24, 2.45) is 0 Å². The number of rotatable bonds is 10. The lowest BCUT2D eigenvalue weighted by atomic mass is 9.93. The van der Waals surface area contributed by atoms with Crippen molar-refractivity contribution in [3.05, 3.63) is 89.0 Å². The van der Waals surface area contributed by atoms with Gasteiger partial charge in [0.2, 0.25) is 0 Å². The molecule has 0 amide bonds. The van der Waals surface area contributed by atoms with E-state index in [1.165, 1.54) is 65.6 Å². The van der Waals surface area contributed by atoms with E-state index in [0.29, 0.717) is 12.5 Å². The Morgan fingerprint density at radius 1 is 1.18 bits per heavy atom. The maximum absolute atomic E-state index is 10.9. The van der Waals surface area contributed by atoms with E-state index in [1.807, 2.05) is 6.08 Å². The number of piperidine rings is 1. The number of hydrogen-bond acceptors (Lipinski definition) is 3. The van der Waals surface area contributed by atoms with Gasteiger partial charge < -0.3 is 9.69 Å². The summed E-state index contributed by atoms with van der Waals surface area (Å²) < 4.78 is 0. The summed E-state index contributed by atoms with van der Waals surface area (Å²) in [4.78, 5) is 15.9. The minimum atomic E-state index is 0.162. The van der Waals surface area contributed by atoms with E-state index in [0.717, 1.165) is 37.9 Å². The van der Waals surface area contributed by atoms with Gasteiger partial charge >= 0.3 is 0 Å². The molecule has 1 fully saturated rings. The third-order valence-corrected chi connectivity index (χ3v) is 8.03. The molecule has 2 aliphatic heterocycles. The van der Waals surface area contributed by atoms with Gasteiger partial charge in [-0.15, -0.1) is 6.58 Å². The number of carbonyl (C=O) groups excluding carboxylic acids is 1. The average molecular weight is 457 g/mol. The molecule has 2 aliphatic rings. The molecule has 2 atom stereocenters. The Morgan fingerprint density at radius 2 is 2.03 bits per heavy atom. The van der Waals surface area contributed by atoms with Crippen molar-refractivity contribution in [2.45, 2.75) is 84.0 Å². The third-order valence-electron chi connectivity index (χ3n) is 8.03. The predicted octanol–water partition coefficient (Wildman–Crippen LogP) is 6.61. The Morgan fingerprint density at radius 3 is 2.82 bits per heavy atom. The molecule has 0 aromatic heterocycles. The Hall–Kier alpha value is -2.65. The van der Waals surface area contributed by atoms with Crippen LogP contribution in [0.4, 0.5) is 0 Å². The largest absolute Gasteiger partial charge is 0.361 e. The Labute approximate surface area is 206 Å². The number of benzene rings is 2. The van der Waals surface area contributed by atoms with Crippen LogP contribution in [0, 0.1) is 13.8 Å². The fraction of sp³-hybridized carbons (Fsp3) is 0.452. The molecule has 0 aliphatic carbocycles. The summed E-state index contributed by atoms with van der Waals surface area (Å²) >= 11 is 0. The highest BCUT2D eigenvalue weighted by Crippen LogP contribution is 2.35. The minimum Gasteiger partial charge on any atom is -0.361 e. The molecule has 3 nitrogen and oxygen atoms in total. The highest BCUT2D eigenvalue weighted by molar-refractivity contribution is 5.70. The van der Waals surface area contributed by atoms with E-state index in [1.54, 1.807) is 0 Å². The molecule has 0 bridgehead atoms. The highest BCUT2D eigenvalue weighted by Gasteiger charge is 2.27. The number of carbonyl (C=O) groups is 1. The topological polar surface area (TPSA) is 23.6 Å². The number of fused-ring (bicyclic) bond motifs is 1. The first kappa shape index (κ1) is 24.5. The normalized spacial score (nSPS) is 19.2. The highest BCUT2D eigenvalue weighted by atomic mass is 16.1. The standard InChI is InChI=1S/C31H40N2O/c1-5-29(13-9-19-34)33-22-28-20-26(15-17-31(28)25(33)4)14-16-30-12-6-7-18-32(30)21-27-11-8-10-23(2)24(27)3/h5,8,10-11,15,17,19-20,29-30H,1,4,6-7,9,12-14,16,18,21-22H2,2-3H3. The number of hydrogen-bond donors (Lipinski definition) is 0. The van der Waals surface area contributed by atoms with Gasteiger partial charge in [0.25, 0.3) is 0 Å². The lowest BCUT2D eigenvalue weighted by Crippen LogP contribution is -2.39. The van der Waals surface area contributed by atoms with E-state index >= 15 is 0 Å². The van der Waals surface area contributed by atoms with Gasteiger partial charge in [-0.1, -0.05) is 55.5 Å². The Kier molecular flexibility index (Phi) is 8.05. The van der Waals surface area contributed by atoms with Gasteiger partial charge in [-0.05, 0) is 80.3 Å². The van der Waals surface area contributed by atoms with Crippen molar-refractivity contribution >= 4 is 12.0 Å². The van der Waals surface area contributed by atoms with Crippen LogP contribution >= 0.6 is 0 Å². The first-order chi connectivity index (χ1) is 16.5. The van der Waals surface area contributed by atoms with Crippen LogP contribution in [-0.4, -0.2) is 34.7 Å². The summed E-state index contributed by atoms with van der Waals surface area (Å²) in [5.74, 6) is 0. The van der Waals surface area contributed by atoms with Crippen LogP contribution in [0.5, 0.6) is 0 Å². The summed E-state index contributed by atoms with van der Waals surface area (Å²) in [5, 5.41) is 0. The molecule has 4 rings (SSSR count). The molecule has 2 aromatic rings. The maximum atomic E-state index is 10.9. The van der Waals surface area contributed by atoms with Crippen LogP contribution in [0.2, 0.25) is 0 Å². The number of aldehydes is 1. The van der Waals surface area contributed by atoms with Crippen molar-refractivity contribution in [1.29, 1.82) is 0 Å². The fourth-order valence-electron chi connectivity index (χ4n) is 5.74. The zero-order valence-corrected chi connectivity index (χ0v) is 21.1. The van der Waals surface area contributed by atoms with Gasteiger partial charge in [0.05, 0.1) is 0 Å². The van der Waals surface area contributed by atoms with Crippen LogP contribution in [0.25, 0.3) is 5.70 Å². The molecule has 180 valence electrons. The van der Waals surface area contributed by atoms with Crippen LogP contribution in [0.3, 0.4) is 0 Å². The summed E-state index contributed by atoms with van der Waals surface area (Å²) in [5.41, 5.74) is 9.41. The minimum absolute atomic E-state index is 0.162. The monoisotopic (exact) mass is 456 g/mol. The average Bonchev–Trinajstić information content (AvgIpc) is 3.17. The van der Waals surface area contributed by atoms with Crippen LogP contribution in [-0.2, 0) is 24.3 Å². The van der Waals surface area contributed by atoms with E-state index in [4.69, 9.17) is 0 Å².